The summed E-state index contributed by atoms with van der Waals surface area (Å²) in [5, 5.41) is 0.673. The van der Waals surface area contributed by atoms with Gasteiger partial charge in [-0.15, -0.1) is 0 Å². The maximum absolute atomic E-state index is 5.99. The smallest absolute Gasteiger partial charge is 0.231 e. The van der Waals surface area contributed by atoms with E-state index in [2.05, 4.69) is 9.97 Å². The van der Waals surface area contributed by atoms with Gasteiger partial charge in [0.1, 0.15) is 10.3 Å². The maximum Gasteiger partial charge on any atom is 0.231 e. The van der Waals surface area contributed by atoms with Crippen molar-refractivity contribution in [3.05, 3.63) is 32.1 Å². The van der Waals surface area contributed by atoms with Crippen LogP contribution in [0.3, 0.4) is 0 Å². The van der Waals surface area contributed by atoms with Gasteiger partial charge in [-0.2, -0.15) is 0 Å². The van der Waals surface area contributed by atoms with Gasteiger partial charge in [0.25, 0.3) is 0 Å². The first-order valence-corrected chi connectivity index (χ1v) is 6.77. The molecule has 0 spiro atoms. The second kappa shape index (κ2) is 4.71. The molecule has 0 bridgehead atoms. The quantitative estimate of drug-likeness (QED) is 0.545. The monoisotopic (exact) mass is 394 g/mol. The maximum atomic E-state index is 5.99. The molecular formula is C11H5Cl2IN2O2. The van der Waals surface area contributed by atoms with Gasteiger partial charge >= 0.3 is 0 Å². The largest absolute Gasteiger partial charge is 0.454 e. The van der Waals surface area contributed by atoms with Gasteiger partial charge in [-0.1, -0.05) is 23.2 Å². The zero-order chi connectivity index (χ0) is 12.7. The minimum Gasteiger partial charge on any atom is -0.454 e. The fourth-order valence-corrected chi connectivity index (χ4v) is 2.19. The Labute approximate surface area is 126 Å². The molecule has 1 aliphatic heterocycles. The van der Waals surface area contributed by atoms with Gasteiger partial charge < -0.3 is 9.47 Å². The average molecular weight is 395 g/mol. The molecule has 3 rings (SSSR count). The normalized spacial score (nSPS) is 12.8. The summed E-state index contributed by atoms with van der Waals surface area (Å²) < 4.78 is 11.2. The SMILES string of the molecule is Clc1nc(-c2ccc3c(c2)OCO3)nc(Cl)c1I. The summed E-state index contributed by atoms with van der Waals surface area (Å²) in [6, 6.07) is 5.44. The molecule has 1 aromatic heterocycles. The van der Waals surface area contributed by atoms with Crippen molar-refractivity contribution in [2.45, 2.75) is 0 Å². The molecule has 2 heterocycles. The number of ether oxygens (including phenoxy) is 2. The van der Waals surface area contributed by atoms with Crippen LogP contribution in [-0.2, 0) is 0 Å². The van der Waals surface area contributed by atoms with E-state index >= 15 is 0 Å². The van der Waals surface area contributed by atoms with Gasteiger partial charge in [-0.25, -0.2) is 9.97 Å². The summed E-state index contributed by atoms with van der Waals surface area (Å²) >= 11 is 14.0. The second-order valence-electron chi connectivity index (χ2n) is 3.51. The fourth-order valence-electron chi connectivity index (χ4n) is 1.56. The lowest BCUT2D eigenvalue weighted by molar-refractivity contribution is 0.174. The molecule has 0 amide bonds. The summed E-state index contributed by atoms with van der Waals surface area (Å²) in [5.74, 6) is 1.84. The summed E-state index contributed by atoms with van der Waals surface area (Å²) in [4.78, 5) is 8.39. The first kappa shape index (κ1) is 12.3. The van der Waals surface area contributed by atoms with Gasteiger partial charge in [0.2, 0.25) is 6.79 Å². The lowest BCUT2D eigenvalue weighted by Crippen LogP contribution is -1.94. The molecular weight excluding hydrogens is 390 g/mol. The van der Waals surface area contributed by atoms with Crippen molar-refractivity contribution in [1.82, 2.24) is 9.97 Å². The van der Waals surface area contributed by atoms with Crippen LogP contribution in [0.25, 0.3) is 11.4 Å². The van der Waals surface area contributed by atoms with Gasteiger partial charge in [-0.3, -0.25) is 0 Å². The Morgan fingerprint density at radius 3 is 2.44 bits per heavy atom. The molecule has 92 valence electrons. The Morgan fingerprint density at radius 2 is 1.72 bits per heavy atom. The summed E-state index contributed by atoms with van der Waals surface area (Å²) in [5.41, 5.74) is 0.777. The number of halogens is 3. The lowest BCUT2D eigenvalue weighted by atomic mass is 10.2. The average Bonchev–Trinajstić information content (AvgIpc) is 2.82. The number of hydrogen-bond acceptors (Lipinski definition) is 4. The van der Waals surface area contributed by atoms with E-state index in [0.717, 1.165) is 5.56 Å². The molecule has 0 atom stereocenters. The van der Waals surface area contributed by atoms with Crippen LogP contribution >= 0.6 is 45.8 Å². The minimum atomic E-state index is 0.230. The highest BCUT2D eigenvalue weighted by molar-refractivity contribution is 14.1. The highest BCUT2D eigenvalue weighted by atomic mass is 127. The first-order chi connectivity index (χ1) is 8.65. The second-order valence-corrected chi connectivity index (χ2v) is 5.31. The highest BCUT2D eigenvalue weighted by Gasteiger charge is 2.16. The Hall–Kier alpha value is -0.790. The molecule has 0 saturated carbocycles. The zero-order valence-corrected chi connectivity index (χ0v) is 12.5. The van der Waals surface area contributed by atoms with E-state index in [4.69, 9.17) is 32.7 Å². The number of nitrogens with zero attached hydrogens (tertiary/aromatic N) is 2. The Balaban J connectivity index is 2.10. The van der Waals surface area contributed by atoms with Crippen LogP contribution in [0.2, 0.25) is 10.3 Å². The molecule has 7 heteroatoms. The van der Waals surface area contributed by atoms with E-state index in [-0.39, 0.29) is 6.79 Å². The number of rotatable bonds is 1. The summed E-state index contributed by atoms with van der Waals surface area (Å²) in [7, 11) is 0. The van der Waals surface area contributed by atoms with Crippen LogP contribution in [0.15, 0.2) is 18.2 Å². The van der Waals surface area contributed by atoms with E-state index in [0.29, 0.717) is 31.2 Å². The van der Waals surface area contributed by atoms with E-state index in [1.807, 2.05) is 28.7 Å². The van der Waals surface area contributed by atoms with Gasteiger partial charge in [-0.05, 0) is 40.8 Å². The minimum absolute atomic E-state index is 0.230. The fraction of sp³-hybridized carbons (Fsp3) is 0.0909. The van der Waals surface area contributed by atoms with Crippen LogP contribution in [0.1, 0.15) is 0 Å². The van der Waals surface area contributed by atoms with Crippen LogP contribution in [0, 0.1) is 3.57 Å². The van der Waals surface area contributed by atoms with E-state index in [1.54, 1.807) is 12.1 Å². The van der Waals surface area contributed by atoms with Gasteiger partial charge in [0.05, 0.1) is 3.57 Å². The zero-order valence-electron chi connectivity index (χ0n) is 8.78. The van der Waals surface area contributed by atoms with Crippen molar-refractivity contribution in [2.24, 2.45) is 0 Å². The predicted molar refractivity (Wildman–Crippen MR) is 76.3 cm³/mol. The highest BCUT2D eigenvalue weighted by Crippen LogP contribution is 2.36. The van der Waals surface area contributed by atoms with Crippen molar-refractivity contribution in [3.63, 3.8) is 0 Å². The first-order valence-electron chi connectivity index (χ1n) is 4.94. The third-order valence-electron chi connectivity index (χ3n) is 2.40. The van der Waals surface area contributed by atoms with Crippen LogP contribution in [0.4, 0.5) is 0 Å². The summed E-state index contributed by atoms with van der Waals surface area (Å²) in [6.45, 7) is 0.230. The summed E-state index contributed by atoms with van der Waals surface area (Å²) in [6.07, 6.45) is 0. The Bertz CT molecular complexity index is 613. The molecule has 0 aliphatic carbocycles. The molecule has 0 unspecified atom stereocenters. The Kier molecular flexibility index (Phi) is 3.21. The molecule has 18 heavy (non-hydrogen) atoms. The van der Waals surface area contributed by atoms with Crippen LogP contribution < -0.4 is 9.47 Å². The molecule has 0 radical (unpaired) electrons. The van der Waals surface area contributed by atoms with E-state index < -0.39 is 0 Å². The number of fused-ring (bicyclic) bond motifs is 1. The van der Waals surface area contributed by atoms with Gasteiger partial charge in [0, 0.05) is 5.56 Å². The lowest BCUT2D eigenvalue weighted by Gasteiger charge is -2.04. The molecule has 4 nitrogen and oxygen atoms in total. The topological polar surface area (TPSA) is 44.2 Å². The van der Waals surface area contributed by atoms with Crippen molar-refractivity contribution < 1.29 is 9.47 Å². The molecule has 0 saturated heterocycles. The molecule has 1 aromatic carbocycles. The molecule has 2 aromatic rings. The van der Waals surface area contributed by atoms with Crippen molar-refractivity contribution >= 4 is 45.8 Å². The number of hydrogen-bond donors (Lipinski definition) is 0. The molecule has 0 fully saturated rings. The van der Waals surface area contributed by atoms with Crippen molar-refractivity contribution in [2.75, 3.05) is 6.79 Å². The van der Waals surface area contributed by atoms with Crippen LogP contribution in [-0.4, -0.2) is 16.8 Å². The third kappa shape index (κ3) is 2.10. The van der Waals surface area contributed by atoms with Crippen LogP contribution in [0.5, 0.6) is 11.5 Å². The van der Waals surface area contributed by atoms with Crippen molar-refractivity contribution in [1.29, 1.82) is 0 Å². The van der Waals surface area contributed by atoms with E-state index in [1.165, 1.54) is 0 Å². The number of aromatic nitrogens is 2. The van der Waals surface area contributed by atoms with E-state index in [9.17, 15) is 0 Å². The third-order valence-corrected chi connectivity index (χ3v) is 4.61. The predicted octanol–water partition coefficient (Wildman–Crippen LogP) is 3.78. The molecule has 0 N–H and O–H groups in total. The van der Waals surface area contributed by atoms with Gasteiger partial charge in [0.15, 0.2) is 17.3 Å². The standard InChI is InChI=1S/C11H5Cl2IN2O2/c12-9-8(14)10(13)16-11(15-9)5-1-2-6-7(3-5)18-4-17-6/h1-3H,4H2. The van der Waals surface area contributed by atoms with Crippen molar-refractivity contribution in [3.8, 4) is 22.9 Å². The number of benzene rings is 1. The molecule has 1 aliphatic rings. The Morgan fingerprint density at radius 1 is 1.06 bits per heavy atom.